The Hall–Kier alpha value is -0.350. The molecule has 1 aromatic carbocycles. The molecule has 76 valence electrons. The molecular weight excluding hydrogens is 187 g/mol. The maximum atomic E-state index is 2.33. The molecule has 0 nitrogen and oxygen atoms in total. The average molecular weight is 206 g/mol. The smallest absolute Gasteiger partial charge is 0.0196 e. The summed E-state index contributed by atoms with van der Waals surface area (Å²) in [6.45, 7) is 6.72. The van der Waals surface area contributed by atoms with Crippen LogP contribution in [0.4, 0.5) is 0 Å². The van der Waals surface area contributed by atoms with Gasteiger partial charge in [0.15, 0.2) is 0 Å². The van der Waals surface area contributed by atoms with Gasteiger partial charge in [0, 0.05) is 0 Å². The molecule has 1 heteroatoms. The zero-order valence-corrected chi connectivity index (χ0v) is 10.4. The first-order valence-electron chi connectivity index (χ1n) is 5.51. The zero-order chi connectivity index (χ0) is 10.1. The van der Waals surface area contributed by atoms with E-state index in [1.54, 1.807) is 5.30 Å². The summed E-state index contributed by atoms with van der Waals surface area (Å²) in [6.07, 6.45) is 4.39. The van der Waals surface area contributed by atoms with E-state index in [1.165, 1.54) is 36.0 Å². The lowest BCUT2D eigenvalue weighted by Gasteiger charge is -2.27. The van der Waals surface area contributed by atoms with Crippen molar-refractivity contribution in [3.8, 4) is 0 Å². The van der Waals surface area contributed by atoms with E-state index >= 15 is 0 Å². The second kappa shape index (κ2) is 4.03. The monoisotopic (exact) mass is 206 g/mol. The molecule has 1 fully saturated rings. The fourth-order valence-electron chi connectivity index (χ4n) is 2.16. The number of rotatable bonds is 2. The SMILES string of the molecule is Cc1cc(C)c(PC2CCC2)c(C)c1. The Morgan fingerprint density at radius 1 is 1.07 bits per heavy atom. The quantitative estimate of drug-likeness (QED) is 0.650. The lowest BCUT2D eigenvalue weighted by atomic mass is 10.00. The van der Waals surface area contributed by atoms with Crippen LogP contribution in [0.2, 0.25) is 0 Å². The van der Waals surface area contributed by atoms with E-state index in [4.69, 9.17) is 0 Å². The molecule has 0 N–H and O–H groups in total. The summed E-state index contributed by atoms with van der Waals surface area (Å²) in [5, 5.41) is 1.64. The topological polar surface area (TPSA) is 0 Å². The maximum absolute atomic E-state index is 2.33. The molecule has 14 heavy (non-hydrogen) atoms. The molecule has 0 radical (unpaired) electrons. The first-order valence-corrected chi connectivity index (χ1v) is 6.59. The highest BCUT2D eigenvalue weighted by Gasteiger charge is 2.19. The first kappa shape index (κ1) is 10.2. The lowest BCUT2D eigenvalue weighted by Crippen LogP contribution is -2.18. The van der Waals surface area contributed by atoms with Crippen LogP contribution in [-0.4, -0.2) is 5.66 Å². The van der Waals surface area contributed by atoms with Gasteiger partial charge in [-0.2, -0.15) is 0 Å². The number of aryl methyl sites for hydroxylation is 3. The Morgan fingerprint density at radius 3 is 2.07 bits per heavy atom. The Kier molecular flexibility index (Phi) is 2.93. The summed E-state index contributed by atoms with van der Waals surface area (Å²) in [4.78, 5) is 0. The first-order chi connectivity index (χ1) is 6.66. The molecule has 1 unspecified atom stereocenters. The maximum Gasteiger partial charge on any atom is -0.0196 e. The van der Waals surface area contributed by atoms with Crippen LogP contribution < -0.4 is 5.30 Å². The van der Waals surface area contributed by atoms with Crippen LogP contribution in [-0.2, 0) is 0 Å². The van der Waals surface area contributed by atoms with Gasteiger partial charge in [-0.3, -0.25) is 0 Å². The van der Waals surface area contributed by atoms with Crippen molar-refractivity contribution >= 4 is 13.9 Å². The van der Waals surface area contributed by atoms with Crippen molar-refractivity contribution < 1.29 is 0 Å². The largest absolute Gasteiger partial charge is 0.0866 e. The highest BCUT2D eigenvalue weighted by Crippen LogP contribution is 2.36. The van der Waals surface area contributed by atoms with Gasteiger partial charge in [-0.15, -0.1) is 0 Å². The van der Waals surface area contributed by atoms with Gasteiger partial charge in [-0.05, 0) is 55.7 Å². The third-order valence-electron chi connectivity index (χ3n) is 3.13. The standard InChI is InChI=1S/C13H19P/c1-9-7-10(2)13(11(3)8-9)14-12-5-4-6-12/h7-8,12,14H,4-6H2,1-3H3. The van der Waals surface area contributed by atoms with Crippen LogP contribution in [0.5, 0.6) is 0 Å². The van der Waals surface area contributed by atoms with Gasteiger partial charge in [0.1, 0.15) is 0 Å². The molecule has 1 aromatic rings. The number of hydrogen-bond donors (Lipinski definition) is 0. The third kappa shape index (κ3) is 2.01. The summed E-state index contributed by atoms with van der Waals surface area (Å²) < 4.78 is 0. The third-order valence-corrected chi connectivity index (χ3v) is 5.19. The highest BCUT2D eigenvalue weighted by atomic mass is 31.1. The summed E-state index contributed by atoms with van der Waals surface area (Å²) in [6, 6.07) is 4.65. The summed E-state index contributed by atoms with van der Waals surface area (Å²) in [5.41, 5.74) is 5.43. The van der Waals surface area contributed by atoms with E-state index in [-0.39, 0.29) is 0 Å². The Balaban J connectivity index is 2.22. The van der Waals surface area contributed by atoms with Crippen molar-refractivity contribution in [3.05, 3.63) is 28.8 Å². The molecule has 0 heterocycles. The molecule has 1 aliphatic carbocycles. The molecule has 0 amide bonds. The van der Waals surface area contributed by atoms with Crippen molar-refractivity contribution in [3.63, 3.8) is 0 Å². The normalized spacial score (nSPS) is 17.6. The van der Waals surface area contributed by atoms with Gasteiger partial charge in [0.25, 0.3) is 0 Å². The van der Waals surface area contributed by atoms with Gasteiger partial charge in [-0.25, -0.2) is 0 Å². The molecule has 0 spiro atoms. The van der Waals surface area contributed by atoms with Crippen molar-refractivity contribution in [2.24, 2.45) is 0 Å². The fourth-order valence-corrected chi connectivity index (χ4v) is 3.87. The molecule has 0 aromatic heterocycles. The van der Waals surface area contributed by atoms with E-state index in [9.17, 15) is 0 Å². The van der Waals surface area contributed by atoms with Crippen LogP contribution in [0, 0.1) is 20.8 Å². The highest BCUT2D eigenvalue weighted by molar-refractivity contribution is 7.48. The van der Waals surface area contributed by atoms with E-state index in [0.29, 0.717) is 0 Å². The molecular formula is C13H19P. The van der Waals surface area contributed by atoms with Gasteiger partial charge in [0.2, 0.25) is 0 Å². The van der Waals surface area contributed by atoms with E-state index in [0.717, 1.165) is 14.2 Å². The van der Waals surface area contributed by atoms with Crippen LogP contribution in [0.15, 0.2) is 12.1 Å². The fraction of sp³-hybridized carbons (Fsp3) is 0.538. The van der Waals surface area contributed by atoms with Gasteiger partial charge < -0.3 is 0 Å². The van der Waals surface area contributed by atoms with Gasteiger partial charge >= 0.3 is 0 Å². The van der Waals surface area contributed by atoms with Crippen molar-refractivity contribution in [2.75, 3.05) is 0 Å². The molecule has 0 bridgehead atoms. The minimum Gasteiger partial charge on any atom is -0.0866 e. The zero-order valence-electron chi connectivity index (χ0n) is 9.35. The van der Waals surface area contributed by atoms with Crippen LogP contribution in [0.3, 0.4) is 0 Å². The van der Waals surface area contributed by atoms with E-state index in [2.05, 4.69) is 32.9 Å². The van der Waals surface area contributed by atoms with Crippen molar-refractivity contribution in [1.82, 2.24) is 0 Å². The minimum atomic E-state index is 1.01. The summed E-state index contributed by atoms with van der Waals surface area (Å²) in [7, 11) is 1.06. The number of benzene rings is 1. The van der Waals surface area contributed by atoms with Gasteiger partial charge in [0.05, 0.1) is 0 Å². The van der Waals surface area contributed by atoms with E-state index in [1.807, 2.05) is 0 Å². The predicted molar refractivity (Wildman–Crippen MR) is 66.2 cm³/mol. The number of hydrogen-bond acceptors (Lipinski definition) is 0. The Labute approximate surface area is 88.9 Å². The second-order valence-electron chi connectivity index (χ2n) is 4.55. The summed E-state index contributed by atoms with van der Waals surface area (Å²) >= 11 is 0. The summed E-state index contributed by atoms with van der Waals surface area (Å²) in [5.74, 6) is 0. The molecule has 1 saturated carbocycles. The molecule has 0 aliphatic heterocycles. The molecule has 1 atom stereocenters. The average Bonchev–Trinajstić information content (AvgIpc) is 1.98. The molecule has 1 aliphatic rings. The molecule has 0 saturated heterocycles. The molecule has 2 rings (SSSR count). The van der Waals surface area contributed by atoms with Crippen LogP contribution in [0.25, 0.3) is 0 Å². The van der Waals surface area contributed by atoms with Crippen LogP contribution >= 0.6 is 8.58 Å². The van der Waals surface area contributed by atoms with E-state index < -0.39 is 0 Å². The Morgan fingerprint density at radius 2 is 1.64 bits per heavy atom. The lowest BCUT2D eigenvalue weighted by molar-refractivity contribution is 0.520. The minimum absolute atomic E-state index is 1.01. The van der Waals surface area contributed by atoms with Crippen molar-refractivity contribution in [1.29, 1.82) is 0 Å². The predicted octanol–water partition coefficient (Wildman–Crippen LogP) is 3.47. The van der Waals surface area contributed by atoms with Crippen molar-refractivity contribution in [2.45, 2.75) is 45.7 Å². The Bertz CT molecular complexity index is 314. The second-order valence-corrected chi connectivity index (χ2v) is 6.15. The van der Waals surface area contributed by atoms with Crippen LogP contribution in [0.1, 0.15) is 36.0 Å². The van der Waals surface area contributed by atoms with Gasteiger partial charge in [-0.1, -0.05) is 32.7 Å².